The molecule has 0 amide bonds. The highest BCUT2D eigenvalue weighted by atomic mass is 79.9. The molecule has 4 atom stereocenters. The molecule has 1 saturated carbocycles. The van der Waals surface area contributed by atoms with Crippen LogP contribution in [-0.2, 0) is 9.47 Å². The first-order valence-electron chi connectivity index (χ1n) is 7.76. The minimum absolute atomic E-state index is 0.00709. The second kappa shape index (κ2) is 5.54. The number of rotatable bonds is 2. The maximum absolute atomic E-state index is 9.73. The molecule has 1 saturated heterocycles. The molecule has 2 aromatic heterocycles. The molecule has 130 valence electrons. The summed E-state index contributed by atoms with van der Waals surface area (Å²) < 4.78 is 14.9. The van der Waals surface area contributed by atoms with E-state index >= 15 is 0 Å². The average Bonchev–Trinajstić information content (AvgIpc) is 3.07. The molecule has 0 spiro atoms. The zero-order valence-electron chi connectivity index (χ0n) is 13.2. The van der Waals surface area contributed by atoms with Gasteiger partial charge in [0, 0.05) is 23.2 Å². The molecule has 3 N–H and O–H groups in total. The molecular weight excluding hydrogens is 400 g/mol. The van der Waals surface area contributed by atoms with E-state index in [4.69, 9.17) is 26.8 Å². The van der Waals surface area contributed by atoms with Gasteiger partial charge in [0.1, 0.15) is 17.6 Å². The number of nitrogen functional groups attached to an aromatic ring is 1. The molecule has 0 aromatic carbocycles. The van der Waals surface area contributed by atoms with Crippen LogP contribution in [0.3, 0.4) is 0 Å². The molecule has 3 heterocycles. The molecule has 2 aliphatic rings. The summed E-state index contributed by atoms with van der Waals surface area (Å²) in [5, 5.41) is 10.6. The number of hydrogen-bond donors (Lipinski definition) is 2. The van der Waals surface area contributed by atoms with Crippen molar-refractivity contribution in [3.05, 3.63) is 16.0 Å². The van der Waals surface area contributed by atoms with E-state index in [0.717, 1.165) is 16.3 Å². The predicted molar refractivity (Wildman–Crippen MR) is 92.7 cm³/mol. The number of nitrogens with zero attached hydrogens (tertiary/aromatic N) is 3. The molecule has 7 nitrogen and oxygen atoms in total. The van der Waals surface area contributed by atoms with Gasteiger partial charge in [0.2, 0.25) is 5.28 Å². The summed E-state index contributed by atoms with van der Waals surface area (Å²) >= 11 is 9.52. The Bertz CT molecular complexity index is 812. The van der Waals surface area contributed by atoms with E-state index < -0.39 is 5.79 Å². The Kier molecular flexibility index (Phi) is 3.81. The first kappa shape index (κ1) is 16.5. The van der Waals surface area contributed by atoms with Gasteiger partial charge in [0.05, 0.1) is 17.5 Å². The van der Waals surface area contributed by atoms with Crippen LogP contribution in [0.5, 0.6) is 0 Å². The maximum Gasteiger partial charge on any atom is 0.226 e. The molecular formula is C15H18BrClN4O3. The minimum Gasteiger partial charge on any atom is -0.396 e. The molecule has 1 aliphatic heterocycles. The fourth-order valence-corrected chi connectivity index (χ4v) is 4.63. The third kappa shape index (κ3) is 2.43. The highest BCUT2D eigenvalue weighted by Crippen LogP contribution is 2.48. The Morgan fingerprint density at radius 2 is 2.12 bits per heavy atom. The van der Waals surface area contributed by atoms with E-state index in [1.807, 2.05) is 24.6 Å². The number of halogens is 2. The van der Waals surface area contributed by atoms with E-state index in [1.54, 1.807) is 0 Å². The number of aliphatic hydroxyl groups excluding tert-OH is 1. The van der Waals surface area contributed by atoms with Crippen LogP contribution >= 0.6 is 27.5 Å². The maximum atomic E-state index is 9.73. The van der Waals surface area contributed by atoms with Crippen molar-refractivity contribution in [2.75, 3.05) is 12.3 Å². The Labute approximate surface area is 152 Å². The summed E-state index contributed by atoms with van der Waals surface area (Å²) in [6, 6.07) is -0.0342. The topological polar surface area (TPSA) is 95.4 Å². The predicted octanol–water partition coefficient (Wildman–Crippen LogP) is 2.50. The summed E-state index contributed by atoms with van der Waals surface area (Å²) in [7, 11) is 0. The SMILES string of the molecule is CC1(C)O[C@@H]2[C@@H](CO)C[C@@H](n3cc(Br)c4c(N)nc(Cl)nc43)[C@@H]2O1. The van der Waals surface area contributed by atoms with Crippen molar-refractivity contribution in [3.63, 3.8) is 0 Å². The van der Waals surface area contributed by atoms with E-state index in [-0.39, 0.29) is 36.1 Å². The Morgan fingerprint density at radius 3 is 2.83 bits per heavy atom. The van der Waals surface area contributed by atoms with Gasteiger partial charge in [-0.2, -0.15) is 4.98 Å². The second-order valence-corrected chi connectivity index (χ2v) is 7.96. The van der Waals surface area contributed by atoms with Gasteiger partial charge in [0.25, 0.3) is 0 Å². The highest BCUT2D eigenvalue weighted by molar-refractivity contribution is 9.10. The van der Waals surface area contributed by atoms with Gasteiger partial charge in [-0.15, -0.1) is 0 Å². The summed E-state index contributed by atoms with van der Waals surface area (Å²) in [4.78, 5) is 8.37. The van der Waals surface area contributed by atoms with Crippen molar-refractivity contribution >= 4 is 44.4 Å². The van der Waals surface area contributed by atoms with Crippen LogP contribution in [-0.4, -0.2) is 44.2 Å². The van der Waals surface area contributed by atoms with Gasteiger partial charge in [0.15, 0.2) is 5.79 Å². The van der Waals surface area contributed by atoms with Gasteiger partial charge in [-0.05, 0) is 47.8 Å². The molecule has 0 bridgehead atoms. The van der Waals surface area contributed by atoms with Gasteiger partial charge in [-0.25, -0.2) is 4.98 Å². The van der Waals surface area contributed by atoms with Gasteiger partial charge in [-0.3, -0.25) is 0 Å². The smallest absolute Gasteiger partial charge is 0.226 e. The molecule has 24 heavy (non-hydrogen) atoms. The lowest BCUT2D eigenvalue weighted by atomic mass is 10.1. The lowest BCUT2D eigenvalue weighted by Gasteiger charge is -2.24. The summed E-state index contributed by atoms with van der Waals surface area (Å²) in [6.45, 7) is 3.82. The number of anilines is 1. The van der Waals surface area contributed by atoms with E-state index in [0.29, 0.717) is 11.5 Å². The van der Waals surface area contributed by atoms with Crippen LogP contribution in [0, 0.1) is 5.92 Å². The summed E-state index contributed by atoms with van der Waals surface area (Å²) in [6.07, 6.45) is 2.32. The van der Waals surface area contributed by atoms with E-state index in [9.17, 15) is 5.11 Å². The normalized spacial score (nSPS) is 31.7. The summed E-state index contributed by atoms with van der Waals surface area (Å²) in [5.41, 5.74) is 6.65. The highest BCUT2D eigenvalue weighted by Gasteiger charge is 2.54. The largest absolute Gasteiger partial charge is 0.396 e. The van der Waals surface area contributed by atoms with Gasteiger partial charge >= 0.3 is 0 Å². The van der Waals surface area contributed by atoms with Crippen molar-refractivity contribution in [1.82, 2.24) is 14.5 Å². The van der Waals surface area contributed by atoms with Crippen LogP contribution in [0.15, 0.2) is 10.7 Å². The first-order valence-corrected chi connectivity index (χ1v) is 8.93. The van der Waals surface area contributed by atoms with Crippen molar-refractivity contribution in [2.45, 2.75) is 44.3 Å². The lowest BCUT2D eigenvalue weighted by molar-refractivity contribution is -0.161. The second-order valence-electron chi connectivity index (χ2n) is 6.77. The number of nitrogens with two attached hydrogens (primary N) is 1. The average molecular weight is 418 g/mol. The van der Waals surface area contributed by atoms with E-state index in [1.165, 1.54) is 0 Å². The lowest BCUT2D eigenvalue weighted by Crippen LogP contribution is -2.27. The molecule has 1 aliphatic carbocycles. The zero-order valence-corrected chi connectivity index (χ0v) is 15.6. The quantitative estimate of drug-likeness (QED) is 0.729. The summed E-state index contributed by atoms with van der Waals surface area (Å²) in [5.74, 6) is -0.340. The minimum atomic E-state index is -0.673. The third-order valence-electron chi connectivity index (χ3n) is 4.77. The Balaban J connectivity index is 1.83. The number of hydrogen-bond acceptors (Lipinski definition) is 6. The van der Waals surface area contributed by atoms with Crippen molar-refractivity contribution < 1.29 is 14.6 Å². The fraction of sp³-hybridized carbons (Fsp3) is 0.600. The standard InChI is InChI=1S/C15H18BrClN4O3/c1-15(2)23-10-6(5-22)3-8(11(10)24-15)21-4-7(16)9-12(18)19-14(17)20-13(9)21/h4,6,8,10-11,22H,3,5H2,1-2H3,(H2,18,19,20)/t6-,8-,10-,11+/m1/s1. The molecule has 0 radical (unpaired) electrons. The number of aliphatic hydroxyl groups is 1. The molecule has 2 fully saturated rings. The zero-order chi connectivity index (χ0) is 17.2. The van der Waals surface area contributed by atoms with Crippen molar-refractivity contribution in [2.24, 2.45) is 5.92 Å². The molecule has 0 unspecified atom stereocenters. The third-order valence-corrected chi connectivity index (χ3v) is 5.54. The molecule has 2 aromatic rings. The number of ether oxygens (including phenoxy) is 2. The van der Waals surface area contributed by atoms with E-state index in [2.05, 4.69) is 25.9 Å². The van der Waals surface area contributed by atoms with Crippen molar-refractivity contribution in [1.29, 1.82) is 0 Å². The van der Waals surface area contributed by atoms with Crippen molar-refractivity contribution in [3.8, 4) is 0 Å². The van der Waals surface area contributed by atoms with Crippen LogP contribution in [0.2, 0.25) is 5.28 Å². The van der Waals surface area contributed by atoms with Crippen LogP contribution in [0.25, 0.3) is 11.0 Å². The van der Waals surface area contributed by atoms with Crippen LogP contribution in [0.1, 0.15) is 26.3 Å². The first-order chi connectivity index (χ1) is 11.3. The fourth-order valence-electron chi connectivity index (χ4n) is 3.86. The molecule has 9 heteroatoms. The number of fused-ring (bicyclic) bond motifs is 2. The Morgan fingerprint density at radius 1 is 1.42 bits per heavy atom. The number of aromatic nitrogens is 3. The van der Waals surface area contributed by atoms with Gasteiger partial charge in [-0.1, -0.05) is 0 Å². The van der Waals surface area contributed by atoms with Gasteiger partial charge < -0.3 is 24.9 Å². The Hall–Kier alpha value is -0.930. The monoisotopic (exact) mass is 416 g/mol. The van der Waals surface area contributed by atoms with Crippen LogP contribution < -0.4 is 5.73 Å². The van der Waals surface area contributed by atoms with Crippen LogP contribution in [0.4, 0.5) is 5.82 Å². The molecule has 4 rings (SSSR count).